The molecule has 164 valence electrons. The summed E-state index contributed by atoms with van der Waals surface area (Å²) in [5, 5.41) is 2.05. The maximum absolute atomic E-state index is 12.7. The zero-order chi connectivity index (χ0) is 21.7. The summed E-state index contributed by atoms with van der Waals surface area (Å²) in [6.45, 7) is 1.19. The van der Waals surface area contributed by atoms with Crippen LogP contribution < -0.4 is 0 Å². The molecular formula is C18H22N2O7S3. The van der Waals surface area contributed by atoms with Crippen LogP contribution in [-0.4, -0.2) is 74.6 Å². The summed E-state index contributed by atoms with van der Waals surface area (Å²) in [6, 6.07) is 1.43. The van der Waals surface area contributed by atoms with E-state index in [1.807, 2.05) is 0 Å². The van der Waals surface area contributed by atoms with E-state index in [9.17, 15) is 22.8 Å². The van der Waals surface area contributed by atoms with Crippen molar-refractivity contribution in [3.8, 4) is 0 Å². The quantitative estimate of drug-likeness (QED) is 0.318. The van der Waals surface area contributed by atoms with E-state index in [0.717, 1.165) is 24.2 Å². The number of thioether (sulfide) groups is 1. The molecule has 0 aliphatic carbocycles. The van der Waals surface area contributed by atoms with Crippen molar-refractivity contribution in [1.29, 1.82) is 0 Å². The lowest BCUT2D eigenvalue weighted by Gasteiger charge is -2.17. The summed E-state index contributed by atoms with van der Waals surface area (Å²) in [7, 11) is -2.45. The predicted molar refractivity (Wildman–Crippen MR) is 111 cm³/mol. The fourth-order valence-corrected chi connectivity index (χ4v) is 6.86. The number of methoxy groups -OCH3 is 1. The van der Waals surface area contributed by atoms with Crippen molar-refractivity contribution in [2.45, 2.75) is 24.2 Å². The van der Waals surface area contributed by atoms with Gasteiger partial charge in [0, 0.05) is 19.6 Å². The average molecular weight is 475 g/mol. The number of amides is 1. The van der Waals surface area contributed by atoms with Crippen LogP contribution in [0.1, 0.15) is 28.9 Å². The van der Waals surface area contributed by atoms with Gasteiger partial charge in [0.15, 0.2) is 0 Å². The molecule has 0 N–H and O–H groups in total. The highest BCUT2D eigenvalue weighted by molar-refractivity contribution is 8.04. The molecule has 0 bridgehead atoms. The smallest absolute Gasteiger partial charge is 0.349 e. The molecule has 2 aliphatic heterocycles. The highest BCUT2D eigenvalue weighted by atomic mass is 32.2. The lowest BCUT2D eigenvalue weighted by Crippen LogP contribution is -2.29. The first-order valence-electron chi connectivity index (χ1n) is 9.32. The molecule has 2 saturated heterocycles. The van der Waals surface area contributed by atoms with Crippen LogP contribution in [0, 0.1) is 0 Å². The molecule has 3 heterocycles. The third kappa shape index (κ3) is 5.05. The molecule has 0 radical (unpaired) electrons. The van der Waals surface area contributed by atoms with Crippen LogP contribution in [0.3, 0.4) is 0 Å². The normalized spacial score (nSPS) is 18.9. The van der Waals surface area contributed by atoms with Crippen molar-refractivity contribution < 1.29 is 32.3 Å². The van der Waals surface area contributed by atoms with Crippen LogP contribution in [-0.2, 0) is 29.1 Å². The first kappa shape index (κ1) is 22.8. The molecule has 12 heteroatoms. The van der Waals surface area contributed by atoms with Crippen molar-refractivity contribution in [3.63, 3.8) is 0 Å². The second kappa shape index (κ2) is 9.94. The molecule has 0 spiro atoms. The van der Waals surface area contributed by atoms with Crippen molar-refractivity contribution in [1.82, 2.24) is 9.21 Å². The Morgan fingerprint density at radius 2 is 2.00 bits per heavy atom. The lowest BCUT2D eigenvalue weighted by atomic mass is 10.4. The summed E-state index contributed by atoms with van der Waals surface area (Å²) in [5.74, 6) is -1.16. The molecule has 2 aliphatic rings. The van der Waals surface area contributed by atoms with Gasteiger partial charge >= 0.3 is 11.9 Å². The number of rotatable bonds is 8. The molecule has 0 aromatic carbocycles. The number of carbonyl (C=O) groups excluding carboxylic acids is 3. The number of hydrogen-bond donors (Lipinski definition) is 0. The Balaban J connectivity index is 1.56. The van der Waals surface area contributed by atoms with E-state index in [1.165, 1.54) is 40.2 Å². The van der Waals surface area contributed by atoms with Gasteiger partial charge in [-0.1, -0.05) is 11.8 Å². The lowest BCUT2D eigenvalue weighted by molar-refractivity contribution is -0.134. The van der Waals surface area contributed by atoms with E-state index in [2.05, 4.69) is 4.74 Å². The number of esters is 2. The van der Waals surface area contributed by atoms with Crippen molar-refractivity contribution >= 4 is 51.0 Å². The van der Waals surface area contributed by atoms with Crippen LogP contribution in [0.25, 0.3) is 0 Å². The first-order valence-corrected chi connectivity index (χ1v) is 12.6. The average Bonchev–Trinajstić information content (AvgIpc) is 3.47. The van der Waals surface area contributed by atoms with Gasteiger partial charge in [-0.15, -0.1) is 11.3 Å². The molecular weight excluding hydrogens is 452 g/mol. The van der Waals surface area contributed by atoms with Gasteiger partial charge in [0.2, 0.25) is 15.9 Å². The number of thiophene rings is 1. The second-order valence-electron chi connectivity index (χ2n) is 6.55. The van der Waals surface area contributed by atoms with Crippen LogP contribution in [0.5, 0.6) is 0 Å². The monoisotopic (exact) mass is 474 g/mol. The highest BCUT2D eigenvalue weighted by Crippen LogP contribution is 2.30. The van der Waals surface area contributed by atoms with E-state index in [1.54, 1.807) is 5.38 Å². The second-order valence-corrected chi connectivity index (χ2v) is 10.4. The van der Waals surface area contributed by atoms with E-state index in [-0.39, 0.29) is 34.6 Å². The maximum atomic E-state index is 12.7. The first-order chi connectivity index (χ1) is 14.3. The molecule has 0 unspecified atom stereocenters. The minimum absolute atomic E-state index is 0.0138. The molecule has 1 aromatic rings. The summed E-state index contributed by atoms with van der Waals surface area (Å²) >= 11 is 2.27. The van der Waals surface area contributed by atoms with Crippen LogP contribution in [0.15, 0.2) is 27.4 Å². The number of nitrogens with zero attached hydrogens (tertiary/aromatic N) is 2. The summed E-state index contributed by atoms with van der Waals surface area (Å²) < 4.78 is 36.7. The Morgan fingerprint density at radius 1 is 1.27 bits per heavy atom. The predicted octanol–water partition coefficient (Wildman–Crippen LogP) is 1.67. The molecule has 2 fully saturated rings. The van der Waals surface area contributed by atoms with E-state index < -0.39 is 22.0 Å². The van der Waals surface area contributed by atoms with E-state index >= 15 is 0 Å². The van der Waals surface area contributed by atoms with Gasteiger partial charge in [-0.2, -0.15) is 4.31 Å². The van der Waals surface area contributed by atoms with E-state index in [0.29, 0.717) is 24.5 Å². The minimum Gasteiger partial charge on any atom is -0.466 e. The topological polar surface area (TPSA) is 110 Å². The Kier molecular flexibility index (Phi) is 7.55. The third-order valence-electron chi connectivity index (χ3n) is 4.61. The number of ether oxygens (including phenoxy) is 2. The molecule has 0 saturated carbocycles. The Bertz CT molecular complexity index is 949. The Morgan fingerprint density at radius 3 is 2.70 bits per heavy atom. The van der Waals surface area contributed by atoms with Gasteiger partial charge in [0.1, 0.15) is 9.77 Å². The minimum atomic E-state index is -3.71. The van der Waals surface area contributed by atoms with Crippen LogP contribution in [0.2, 0.25) is 0 Å². The van der Waals surface area contributed by atoms with Gasteiger partial charge in [-0.3, -0.25) is 4.79 Å². The van der Waals surface area contributed by atoms with E-state index in [4.69, 9.17) is 4.74 Å². The molecule has 30 heavy (non-hydrogen) atoms. The molecule has 1 amide bonds. The Labute approximate surface area is 183 Å². The zero-order valence-electron chi connectivity index (χ0n) is 16.4. The third-order valence-corrected chi connectivity index (χ3v) is 8.60. The zero-order valence-corrected chi connectivity index (χ0v) is 18.8. The summed E-state index contributed by atoms with van der Waals surface area (Å²) in [6.07, 6.45) is 3.21. The summed E-state index contributed by atoms with van der Waals surface area (Å²) in [4.78, 5) is 37.3. The van der Waals surface area contributed by atoms with Gasteiger partial charge < -0.3 is 14.4 Å². The maximum Gasteiger partial charge on any atom is 0.349 e. The van der Waals surface area contributed by atoms with Gasteiger partial charge in [0.05, 0.1) is 30.6 Å². The number of sulfonamides is 1. The molecule has 0 atom stereocenters. The van der Waals surface area contributed by atoms with Crippen LogP contribution >= 0.6 is 23.1 Å². The molecule has 3 rings (SSSR count). The highest BCUT2D eigenvalue weighted by Gasteiger charge is 2.32. The van der Waals surface area contributed by atoms with Gasteiger partial charge in [-0.25, -0.2) is 18.0 Å². The summed E-state index contributed by atoms with van der Waals surface area (Å²) in [5.41, 5.74) is 0. The fourth-order valence-electron chi connectivity index (χ4n) is 3.10. The standard InChI is InChI=1S/C18H22N2O7S3/c1-26-16(22)11-15-20(14(21)12-29-15)8-4-9-27-18(23)17-13(5-10-28-17)30(24,25)19-6-2-3-7-19/h5,10-11H,2-4,6-9,12H2,1H3/b15-11+. The number of carbonyl (C=O) groups is 3. The van der Waals surface area contributed by atoms with Crippen LogP contribution in [0.4, 0.5) is 0 Å². The number of hydrogen-bond acceptors (Lipinski definition) is 9. The SMILES string of the molecule is COC(=O)/C=C1/SCC(=O)N1CCCOC(=O)c1sccc1S(=O)(=O)N1CCCC1. The molecule has 1 aromatic heterocycles. The van der Waals surface area contributed by atoms with Gasteiger partial charge in [-0.05, 0) is 30.7 Å². The largest absolute Gasteiger partial charge is 0.466 e. The fraction of sp³-hybridized carbons (Fsp3) is 0.500. The Hall–Kier alpha value is -1.89. The van der Waals surface area contributed by atoms with Gasteiger partial charge in [0.25, 0.3) is 0 Å². The van der Waals surface area contributed by atoms with Crippen molar-refractivity contribution in [2.75, 3.05) is 39.1 Å². The van der Waals surface area contributed by atoms with Crippen molar-refractivity contribution in [2.24, 2.45) is 0 Å². The van der Waals surface area contributed by atoms with Crippen molar-refractivity contribution in [3.05, 3.63) is 27.4 Å². The molecule has 9 nitrogen and oxygen atoms in total.